The first-order valence-electron chi connectivity index (χ1n) is 16.2. The van der Waals surface area contributed by atoms with E-state index in [1.807, 2.05) is 84.9 Å². The van der Waals surface area contributed by atoms with Crippen LogP contribution < -0.4 is 0 Å². The molecule has 8 aromatic rings. The van der Waals surface area contributed by atoms with Gasteiger partial charge in [0.1, 0.15) is 11.2 Å². The Bertz CT molecular complexity index is 2520. The molecule has 0 atom stereocenters. The van der Waals surface area contributed by atoms with Gasteiger partial charge in [0, 0.05) is 27.5 Å². The molecule has 0 aliphatic heterocycles. The van der Waals surface area contributed by atoms with Crippen molar-refractivity contribution in [2.24, 2.45) is 0 Å². The van der Waals surface area contributed by atoms with E-state index in [-0.39, 0.29) is 0 Å². The van der Waals surface area contributed by atoms with Crippen LogP contribution in [-0.4, -0.2) is 15.0 Å². The lowest BCUT2D eigenvalue weighted by Gasteiger charge is -2.09. The minimum Gasteiger partial charge on any atom is -0.456 e. The first-order valence-corrected chi connectivity index (χ1v) is 16.2. The van der Waals surface area contributed by atoms with Crippen LogP contribution in [0, 0.1) is 0 Å². The zero-order chi connectivity index (χ0) is 33.2. The molecule has 4 heteroatoms. The van der Waals surface area contributed by atoms with E-state index in [0.29, 0.717) is 17.5 Å². The van der Waals surface area contributed by atoms with Gasteiger partial charge in [0.25, 0.3) is 0 Å². The minimum atomic E-state index is 0.591. The molecule has 0 amide bonds. The van der Waals surface area contributed by atoms with Gasteiger partial charge in [-0.2, -0.15) is 0 Å². The number of furan rings is 1. The summed E-state index contributed by atoms with van der Waals surface area (Å²) in [4.78, 5) is 14.9. The van der Waals surface area contributed by atoms with Crippen LogP contribution in [0.2, 0.25) is 0 Å². The van der Waals surface area contributed by atoms with Crippen molar-refractivity contribution in [2.45, 2.75) is 0 Å². The molecule has 0 unspecified atom stereocenters. The quantitative estimate of drug-likeness (QED) is 0.124. The Morgan fingerprint density at radius 3 is 1.86 bits per heavy atom. The molecular weight excluding hydrogens is 599 g/mol. The largest absolute Gasteiger partial charge is 0.456 e. The van der Waals surface area contributed by atoms with E-state index in [2.05, 4.69) is 86.0 Å². The molecule has 2 heterocycles. The Balaban J connectivity index is 1.27. The Morgan fingerprint density at radius 2 is 1.20 bits per heavy atom. The number of aromatic nitrogens is 3. The van der Waals surface area contributed by atoms with Crippen LogP contribution in [0.4, 0.5) is 0 Å². The number of benzene rings is 6. The van der Waals surface area contributed by atoms with E-state index in [4.69, 9.17) is 19.4 Å². The van der Waals surface area contributed by atoms with Crippen LogP contribution in [-0.2, 0) is 0 Å². The summed E-state index contributed by atoms with van der Waals surface area (Å²) in [5.74, 6) is 1.83. The predicted molar refractivity (Wildman–Crippen MR) is 205 cm³/mol. The summed E-state index contributed by atoms with van der Waals surface area (Å²) >= 11 is 0. The SMILES string of the molecule is C=C/C=C\c1cc2ccccc2cc1/C=C(\C=C)c1ccc2c(c1)oc1cccc(-c3nc(-c4ccccc4)nc(-c4ccccc4)n3)c12. The summed E-state index contributed by atoms with van der Waals surface area (Å²) in [6, 6.07) is 45.2. The topological polar surface area (TPSA) is 51.8 Å². The molecule has 0 radical (unpaired) electrons. The maximum Gasteiger partial charge on any atom is 0.164 e. The molecule has 4 nitrogen and oxygen atoms in total. The van der Waals surface area contributed by atoms with Crippen LogP contribution in [0.3, 0.4) is 0 Å². The van der Waals surface area contributed by atoms with Gasteiger partial charge in [-0.15, -0.1) is 0 Å². The van der Waals surface area contributed by atoms with E-state index >= 15 is 0 Å². The molecule has 49 heavy (non-hydrogen) atoms. The monoisotopic (exact) mass is 629 g/mol. The summed E-state index contributed by atoms with van der Waals surface area (Å²) in [6.45, 7) is 8.04. The summed E-state index contributed by atoms with van der Waals surface area (Å²) in [7, 11) is 0. The van der Waals surface area contributed by atoms with Crippen molar-refractivity contribution < 1.29 is 4.42 Å². The van der Waals surface area contributed by atoms with Crippen molar-refractivity contribution in [1.29, 1.82) is 0 Å². The lowest BCUT2D eigenvalue weighted by atomic mass is 9.96. The highest BCUT2D eigenvalue weighted by Gasteiger charge is 2.18. The Kier molecular flexibility index (Phi) is 7.80. The molecule has 0 N–H and O–H groups in total. The average molecular weight is 630 g/mol. The van der Waals surface area contributed by atoms with E-state index in [0.717, 1.165) is 60.9 Å². The van der Waals surface area contributed by atoms with E-state index in [1.165, 1.54) is 10.8 Å². The average Bonchev–Trinajstić information content (AvgIpc) is 3.54. The maximum absolute atomic E-state index is 6.51. The second kappa shape index (κ2) is 12.9. The third-order valence-corrected chi connectivity index (χ3v) is 8.66. The highest BCUT2D eigenvalue weighted by molar-refractivity contribution is 6.12. The third-order valence-electron chi connectivity index (χ3n) is 8.66. The van der Waals surface area contributed by atoms with Crippen molar-refractivity contribution in [3.8, 4) is 34.2 Å². The zero-order valence-corrected chi connectivity index (χ0v) is 26.8. The molecule has 2 aromatic heterocycles. The second-order valence-electron chi connectivity index (χ2n) is 11.8. The zero-order valence-electron chi connectivity index (χ0n) is 26.8. The number of allylic oxidation sites excluding steroid dienone is 4. The van der Waals surface area contributed by atoms with Crippen molar-refractivity contribution in [3.63, 3.8) is 0 Å². The van der Waals surface area contributed by atoms with Gasteiger partial charge in [-0.25, -0.2) is 15.0 Å². The Labute approximate surface area is 284 Å². The van der Waals surface area contributed by atoms with Crippen molar-refractivity contribution in [3.05, 3.63) is 182 Å². The summed E-state index contributed by atoms with van der Waals surface area (Å²) in [5.41, 5.74) is 8.48. The molecule has 0 fully saturated rings. The molecule has 8 rings (SSSR count). The van der Waals surface area contributed by atoms with Gasteiger partial charge < -0.3 is 4.42 Å². The lowest BCUT2D eigenvalue weighted by Crippen LogP contribution is -2.00. The van der Waals surface area contributed by atoms with Gasteiger partial charge in [-0.3, -0.25) is 0 Å². The van der Waals surface area contributed by atoms with E-state index in [1.54, 1.807) is 6.08 Å². The number of fused-ring (bicyclic) bond motifs is 4. The fourth-order valence-electron chi connectivity index (χ4n) is 6.26. The molecule has 0 saturated heterocycles. The highest BCUT2D eigenvalue weighted by atomic mass is 16.3. The van der Waals surface area contributed by atoms with Gasteiger partial charge >= 0.3 is 0 Å². The molecule has 6 aromatic carbocycles. The molecule has 0 aliphatic rings. The number of rotatable bonds is 8. The van der Waals surface area contributed by atoms with Gasteiger partial charge in [0.05, 0.1) is 0 Å². The fourth-order valence-corrected chi connectivity index (χ4v) is 6.26. The van der Waals surface area contributed by atoms with Gasteiger partial charge in [-0.05, 0) is 69.4 Å². The molecule has 0 saturated carbocycles. The normalized spacial score (nSPS) is 11.9. The first kappa shape index (κ1) is 29.7. The molecular formula is C45H31N3O. The predicted octanol–water partition coefficient (Wildman–Crippen LogP) is 11.9. The van der Waals surface area contributed by atoms with E-state index < -0.39 is 0 Å². The molecule has 0 aliphatic carbocycles. The minimum absolute atomic E-state index is 0.591. The number of hydrogen-bond acceptors (Lipinski definition) is 4. The lowest BCUT2D eigenvalue weighted by molar-refractivity contribution is 0.669. The van der Waals surface area contributed by atoms with Gasteiger partial charge in [0.2, 0.25) is 0 Å². The van der Waals surface area contributed by atoms with Crippen LogP contribution in [0.5, 0.6) is 0 Å². The third kappa shape index (κ3) is 5.77. The van der Waals surface area contributed by atoms with Crippen LogP contribution >= 0.6 is 0 Å². The maximum atomic E-state index is 6.51. The van der Waals surface area contributed by atoms with Gasteiger partial charge in [0.15, 0.2) is 17.5 Å². The highest BCUT2D eigenvalue weighted by Crippen LogP contribution is 2.38. The van der Waals surface area contributed by atoms with Gasteiger partial charge in [-0.1, -0.05) is 141 Å². The van der Waals surface area contributed by atoms with Crippen LogP contribution in [0.1, 0.15) is 16.7 Å². The Morgan fingerprint density at radius 1 is 0.571 bits per heavy atom. The number of hydrogen-bond donors (Lipinski definition) is 0. The van der Waals surface area contributed by atoms with Crippen LogP contribution in [0.25, 0.3) is 84.6 Å². The molecule has 0 spiro atoms. The fraction of sp³-hybridized carbons (Fsp3) is 0. The van der Waals surface area contributed by atoms with Crippen molar-refractivity contribution in [1.82, 2.24) is 15.0 Å². The summed E-state index contributed by atoms with van der Waals surface area (Å²) in [5, 5.41) is 4.31. The second-order valence-corrected chi connectivity index (χ2v) is 11.8. The van der Waals surface area contributed by atoms with Crippen molar-refractivity contribution in [2.75, 3.05) is 0 Å². The molecule has 232 valence electrons. The number of nitrogens with zero attached hydrogens (tertiary/aromatic N) is 3. The van der Waals surface area contributed by atoms with Crippen LogP contribution in [0.15, 0.2) is 169 Å². The summed E-state index contributed by atoms with van der Waals surface area (Å²) in [6.07, 6.45) is 9.92. The summed E-state index contributed by atoms with van der Waals surface area (Å²) < 4.78 is 6.51. The Hall–Kier alpha value is -6.65. The smallest absolute Gasteiger partial charge is 0.164 e. The standard InChI is InChI=1S/C45H31N3O/c1-3-5-15-35-27-33-20-12-13-21-34(33)28-37(35)26-30(4-2)36-24-25-38-41(29-36)49-40-23-14-22-39(42(38)40)45-47-43(31-16-8-6-9-17-31)46-44(48-45)32-18-10-7-11-19-32/h3-29H,1-2H2/b15-5-,30-26+. The molecule has 0 bridgehead atoms. The van der Waals surface area contributed by atoms with Crippen molar-refractivity contribution >= 4 is 50.4 Å². The van der Waals surface area contributed by atoms with E-state index in [9.17, 15) is 0 Å². The first-order chi connectivity index (χ1) is 24.2.